The molecule has 4 nitrogen and oxygen atoms in total. The Balaban J connectivity index is 2.10. The summed E-state index contributed by atoms with van der Waals surface area (Å²) in [5.74, 6) is 0. The zero-order chi connectivity index (χ0) is 15.7. The van der Waals surface area contributed by atoms with Crippen LogP contribution in [0.3, 0.4) is 0 Å². The maximum atomic E-state index is 10.6. The third-order valence-electron chi connectivity index (χ3n) is 3.62. The molecule has 0 aliphatic heterocycles. The van der Waals surface area contributed by atoms with Crippen LogP contribution >= 0.6 is 22.9 Å². The van der Waals surface area contributed by atoms with Crippen LogP contribution < -0.4 is 5.73 Å². The molecule has 114 valence electrons. The number of nitrogens with two attached hydrogens (primary N) is 1. The fourth-order valence-electron chi connectivity index (χ4n) is 2.61. The highest BCUT2D eigenvalue weighted by Gasteiger charge is 2.17. The molecule has 0 aliphatic rings. The third kappa shape index (κ3) is 2.69. The van der Waals surface area contributed by atoms with Gasteiger partial charge in [-0.25, -0.2) is 0 Å². The normalized spacial score (nSPS) is 12.5. The SMILES string of the molecule is CC(OC=O)c1cn(Cc2ccc(Cl)s2)c2cccc(N)c12. The van der Waals surface area contributed by atoms with Gasteiger partial charge in [-0.15, -0.1) is 11.3 Å². The molecule has 1 unspecified atom stereocenters. The number of hydrogen-bond acceptors (Lipinski definition) is 4. The number of benzene rings is 1. The van der Waals surface area contributed by atoms with Crippen LogP contribution in [0.5, 0.6) is 0 Å². The van der Waals surface area contributed by atoms with Gasteiger partial charge in [0.25, 0.3) is 6.47 Å². The van der Waals surface area contributed by atoms with E-state index in [4.69, 9.17) is 22.1 Å². The van der Waals surface area contributed by atoms with Crippen molar-refractivity contribution in [3.05, 3.63) is 51.3 Å². The van der Waals surface area contributed by atoms with Crippen molar-refractivity contribution < 1.29 is 9.53 Å². The van der Waals surface area contributed by atoms with Crippen molar-refractivity contribution in [2.45, 2.75) is 19.6 Å². The minimum atomic E-state index is -0.349. The summed E-state index contributed by atoms with van der Waals surface area (Å²) in [6.45, 7) is 3.00. The fraction of sp³-hybridized carbons (Fsp3) is 0.188. The summed E-state index contributed by atoms with van der Waals surface area (Å²) in [6, 6.07) is 9.69. The molecule has 0 spiro atoms. The minimum Gasteiger partial charge on any atom is -0.460 e. The van der Waals surface area contributed by atoms with Crippen LogP contribution in [0.15, 0.2) is 36.5 Å². The number of carbonyl (C=O) groups excluding carboxylic acids is 1. The van der Waals surface area contributed by atoms with E-state index in [1.165, 1.54) is 0 Å². The number of aromatic nitrogens is 1. The van der Waals surface area contributed by atoms with Crippen LogP contribution in [0.25, 0.3) is 10.9 Å². The lowest BCUT2D eigenvalue weighted by molar-refractivity contribution is -0.133. The van der Waals surface area contributed by atoms with Crippen LogP contribution in [0.2, 0.25) is 4.34 Å². The number of rotatable bonds is 5. The van der Waals surface area contributed by atoms with Gasteiger partial charge in [-0.3, -0.25) is 4.79 Å². The summed E-state index contributed by atoms with van der Waals surface area (Å²) in [7, 11) is 0. The van der Waals surface area contributed by atoms with Crippen LogP contribution in [0.4, 0.5) is 5.69 Å². The van der Waals surface area contributed by atoms with Gasteiger partial charge in [0.05, 0.1) is 16.4 Å². The fourth-order valence-corrected chi connectivity index (χ4v) is 3.70. The molecular formula is C16H15ClN2O2S. The molecule has 0 saturated heterocycles. The standard InChI is InChI=1S/C16H15ClN2O2S/c1-10(21-9-20)12-8-19(7-11-5-6-15(17)22-11)14-4-2-3-13(18)16(12)14/h2-6,8-10H,7,18H2,1H3. The highest BCUT2D eigenvalue weighted by molar-refractivity contribution is 7.16. The largest absolute Gasteiger partial charge is 0.460 e. The third-order valence-corrected chi connectivity index (χ3v) is 4.84. The molecule has 2 N–H and O–H groups in total. The first-order valence-corrected chi connectivity index (χ1v) is 8.00. The van der Waals surface area contributed by atoms with E-state index < -0.39 is 0 Å². The minimum absolute atomic E-state index is 0.349. The molecule has 0 amide bonds. The van der Waals surface area contributed by atoms with Crippen LogP contribution in [0, 0.1) is 0 Å². The van der Waals surface area contributed by atoms with Crippen LogP contribution in [-0.2, 0) is 16.1 Å². The molecule has 0 fully saturated rings. The molecular weight excluding hydrogens is 320 g/mol. The molecule has 2 aromatic heterocycles. The zero-order valence-corrected chi connectivity index (χ0v) is 13.5. The van der Waals surface area contributed by atoms with Crippen molar-refractivity contribution in [1.82, 2.24) is 4.57 Å². The maximum Gasteiger partial charge on any atom is 0.293 e. The number of halogens is 1. The van der Waals surface area contributed by atoms with Gasteiger partial charge in [0.1, 0.15) is 6.10 Å². The molecule has 6 heteroatoms. The number of thiophene rings is 1. The molecule has 3 aromatic rings. The van der Waals surface area contributed by atoms with Crippen molar-refractivity contribution in [2.75, 3.05) is 5.73 Å². The monoisotopic (exact) mass is 334 g/mol. The summed E-state index contributed by atoms with van der Waals surface area (Å²) >= 11 is 7.55. The van der Waals surface area contributed by atoms with Crippen LogP contribution in [0.1, 0.15) is 23.5 Å². The second-order valence-corrected chi connectivity index (χ2v) is 6.83. The van der Waals surface area contributed by atoms with E-state index in [2.05, 4.69) is 4.57 Å². The Labute approximate surface area is 137 Å². The summed E-state index contributed by atoms with van der Waals surface area (Å²) in [6.07, 6.45) is 1.64. The van der Waals surface area contributed by atoms with E-state index in [9.17, 15) is 4.79 Å². The highest BCUT2D eigenvalue weighted by atomic mass is 35.5. The lowest BCUT2D eigenvalue weighted by atomic mass is 10.1. The van der Waals surface area contributed by atoms with Crippen molar-refractivity contribution >= 4 is 46.0 Å². The van der Waals surface area contributed by atoms with E-state index in [1.54, 1.807) is 11.3 Å². The average molecular weight is 335 g/mol. The van der Waals surface area contributed by atoms with E-state index in [0.717, 1.165) is 25.7 Å². The first-order valence-electron chi connectivity index (χ1n) is 6.80. The van der Waals surface area contributed by atoms with E-state index in [1.807, 2.05) is 43.5 Å². The topological polar surface area (TPSA) is 57.2 Å². The molecule has 0 radical (unpaired) electrons. The van der Waals surface area contributed by atoms with E-state index in [-0.39, 0.29) is 6.10 Å². The molecule has 0 bridgehead atoms. The first-order chi connectivity index (χ1) is 10.6. The Bertz CT molecular complexity index is 825. The first kappa shape index (κ1) is 14.9. The molecule has 1 aromatic carbocycles. The van der Waals surface area contributed by atoms with Crippen LogP contribution in [-0.4, -0.2) is 11.0 Å². The predicted octanol–water partition coefficient (Wildman–Crippen LogP) is 4.22. The molecule has 1 atom stereocenters. The van der Waals surface area contributed by atoms with Gasteiger partial charge in [-0.1, -0.05) is 17.7 Å². The van der Waals surface area contributed by atoms with E-state index in [0.29, 0.717) is 18.7 Å². The number of hydrogen-bond donors (Lipinski definition) is 1. The highest BCUT2D eigenvalue weighted by Crippen LogP contribution is 2.33. The number of nitrogens with zero attached hydrogens (tertiary/aromatic N) is 1. The lowest BCUT2D eigenvalue weighted by Crippen LogP contribution is -1.98. The maximum absolute atomic E-state index is 10.6. The van der Waals surface area contributed by atoms with Gasteiger partial charge in [0.2, 0.25) is 0 Å². The van der Waals surface area contributed by atoms with Gasteiger partial charge in [-0.2, -0.15) is 0 Å². The number of nitrogen functional groups attached to an aromatic ring is 1. The van der Waals surface area contributed by atoms with Gasteiger partial charge < -0.3 is 15.0 Å². The summed E-state index contributed by atoms with van der Waals surface area (Å²) in [4.78, 5) is 11.8. The second kappa shape index (κ2) is 6.02. The second-order valence-electron chi connectivity index (χ2n) is 5.03. The smallest absolute Gasteiger partial charge is 0.293 e. The Morgan fingerprint density at radius 2 is 2.23 bits per heavy atom. The van der Waals surface area contributed by atoms with Gasteiger partial charge >= 0.3 is 0 Å². The number of anilines is 1. The Morgan fingerprint density at radius 1 is 1.41 bits per heavy atom. The van der Waals surface area contributed by atoms with Crippen molar-refractivity contribution in [2.24, 2.45) is 0 Å². The van der Waals surface area contributed by atoms with Gasteiger partial charge in [0, 0.05) is 27.7 Å². The van der Waals surface area contributed by atoms with Crippen molar-refractivity contribution in [1.29, 1.82) is 0 Å². The van der Waals surface area contributed by atoms with Gasteiger partial charge in [0.15, 0.2) is 0 Å². The number of fused-ring (bicyclic) bond motifs is 1. The summed E-state index contributed by atoms with van der Waals surface area (Å²) in [5, 5.41) is 0.930. The Morgan fingerprint density at radius 3 is 2.91 bits per heavy atom. The summed E-state index contributed by atoms with van der Waals surface area (Å²) in [5.41, 5.74) is 8.72. The summed E-state index contributed by atoms with van der Waals surface area (Å²) < 4.78 is 7.96. The number of ether oxygens (including phenoxy) is 1. The molecule has 0 saturated carbocycles. The lowest BCUT2D eigenvalue weighted by Gasteiger charge is -2.08. The van der Waals surface area contributed by atoms with Crippen molar-refractivity contribution in [3.8, 4) is 0 Å². The quantitative estimate of drug-likeness (QED) is 0.561. The zero-order valence-electron chi connectivity index (χ0n) is 12.0. The number of carbonyl (C=O) groups is 1. The Hall–Kier alpha value is -1.98. The predicted molar refractivity (Wildman–Crippen MR) is 90.3 cm³/mol. The molecule has 22 heavy (non-hydrogen) atoms. The van der Waals surface area contributed by atoms with Gasteiger partial charge in [-0.05, 0) is 31.2 Å². The molecule has 3 rings (SSSR count). The molecule has 0 aliphatic carbocycles. The molecule has 2 heterocycles. The van der Waals surface area contributed by atoms with Crippen molar-refractivity contribution in [3.63, 3.8) is 0 Å². The average Bonchev–Trinajstić information content (AvgIpc) is 3.05. The Kier molecular flexibility index (Phi) is 4.09. The van der Waals surface area contributed by atoms with E-state index >= 15 is 0 Å².